The van der Waals surface area contributed by atoms with E-state index in [9.17, 15) is 19.2 Å². The molecule has 2 aromatic heterocycles. The molecule has 6 heterocycles. The summed E-state index contributed by atoms with van der Waals surface area (Å²) >= 11 is 0. The number of benzene rings is 1. The van der Waals surface area contributed by atoms with Crippen LogP contribution in [0.3, 0.4) is 0 Å². The molecule has 2 atom stereocenters. The van der Waals surface area contributed by atoms with Gasteiger partial charge in [-0.1, -0.05) is 0 Å². The molecule has 6 N–H and O–H groups in total. The summed E-state index contributed by atoms with van der Waals surface area (Å²) in [7, 11) is 0. The Balaban J connectivity index is 0.881. The van der Waals surface area contributed by atoms with Gasteiger partial charge in [-0.05, 0) is 68.4 Å². The molecule has 55 heavy (non-hydrogen) atoms. The summed E-state index contributed by atoms with van der Waals surface area (Å²) < 4.78 is 15.6. The Labute approximate surface area is 318 Å². The van der Waals surface area contributed by atoms with Gasteiger partial charge in [0.2, 0.25) is 23.7 Å². The molecule has 4 fully saturated rings. The zero-order valence-corrected chi connectivity index (χ0v) is 31.0. The van der Waals surface area contributed by atoms with Gasteiger partial charge in [-0.25, -0.2) is 9.37 Å². The minimum absolute atomic E-state index is 0.0577. The van der Waals surface area contributed by atoms with E-state index >= 15 is 4.39 Å². The number of carbonyl (C=O) groups is 4. The number of aromatic nitrogens is 4. The average Bonchev–Trinajstić information content (AvgIpc) is 3.17. The maximum atomic E-state index is 15.6. The Morgan fingerprint density at radius 3 is 2.44 bits per heavy atom. The standard InChI is InChI=1S/C37H48FN13O4/c1-23(52)41-26-3-2-12-51(22-26)37-45-35(33(34(39)54)46-47-37)42-25-4-7-30(28(38)19-25)50-17-15-48(16-18-50)21-24-10-13-49(14-11-24)27-5-8-31(40-20-27)43-29-6-9-32(53)44-36(29)55/h4-5,7-8,19-20,24,26,29H,2-3,6,9-18,21-22H2,1H3,(H2,39,54)(H,40,43)(H,41,52)(H,42,45,47)(H,44,53,55)/t26-,29?/m1/s1. The van der Waals surface area contributed by atoms with E-state index in [2.05, 4.69) is 56.1 Å². The largest absolute Gasteiger partial charge is 0.370 e. The van der Waals surface area contributed by atoms with Crippen LogP contribution in [-0.4, -0.2) is 120 Å². The molecule has 0 spiro atoms. The molecule has 4 aliphatic rings. The summed E-state index contributed by atoms with van der Waals surface area (Å²) in [6.07, 6.45) is 6.39. The number of hydrogen-bond donors (Lipinski definition) is 5. The molecule has 0 bridgehead atoms. The molecular formula is C37H48FN13O4. The normalized spacial score (nSPS) is 21.2. The van der Waals surface area contributed by atoms with Crippen molar-refractivity contribution in [2.75, 3.05) is 84.2 Å². The zero-order chi connectivity index (χ0) is 38.5. The Morgan fingerprint density at radius 1 is 0.945 bits per heavy atom. The number of piperidine rings is 3. The Bertz CT molecular complexity index is 1880. The number of piperazine rings is 1. The van der Waals surface area contributed by atoms with E-state index in [4.69, 9.17) is 5.73 Å². The summed E-state index contributed by atoms with van der Waals surface area (Å²) in [4.78, 5) is 65.1. The molecule has 3 aromatic rings. The van der Waals surface area contributed by atoms with E-state index in [0.29, 0.717) is 62.1 Å². The van der Waals surface area contributed by atoms with Crippen molar-refractivity contribution in [3.8, 4) is 0 Å². The molecule has 18 heteroatoms. The first kappa shape index (κ1) is 37.7. The fourth-order valence-corrected chi connectivity index (χ4v) is 7.82. The van der Waals surface area contributed by atoms with Crippen LogP contribution in [0.4, 0.5) is 39.0 Å². The van der Waals surface area contributed by atoms with Gasteiger partial charge in [0.05, 0.1) is 17.6 Å². The van der Waals surface area contributed by atoms with Crippen molar-refractivity contribution in [1.82, 2.24) is 35.7 Å². The second-order valence-corrected chi connectivity index (χ2v) is 14.7. The average molecular weight is 758 g/mol. The lowest BCUT2D eigenvalue weighted by Gasteiger charge is -2.40. The van der Waals surface area contributed by atoms with E-state index in [-0.39, 0.29) is 41.2 Å². The second kappa shape index (κ2) is 16.8. The van der Waals surface area contributed by atoms with E-state index in [1.54, 1.807) is 12.1 Å². The van der Waals surface area contributed by atoms with Crippen LogP contribution >= 0.6 is 0 Å². The summed E-state index contributed by atoms with van der Waals surface area (Å²) in [5.74, 6) is -0.318. The molecule has 4 saturated heterocycles. The number of rotatable bonds is 11. The van der Waals surface area contributed by atoms with E-state index in [1.807, 2.05) is 23.2 Å². The smallest absolute Gasteiger partial charge is 0.273 e. The summed E-state index contributed by atoms with van der Waals surface area (Å²) in [6, 6.07) is 8.24. The van der Waals surface area contributed by atoms with Crippen LogP contribution in [-0.2, 0) is 14.4 Å². The van der Waals surface area contributed by atoms with Crippen LogP contribution < -0.4 is 41.7 Å². The molecule has 4 amide bonds. The molecule has 0 aliphatic carbocycles. The van der Waals surface area contributed by atoms with Gasteiger partial charge in [0.15, 0.2) is 11.5 Å². The fourth-order valence-electron chi connectivity index (χ4n) is 7.82. The minimum atomic E-state index is -0.811. The number of nitrogens with one attached hydrogen (secondary N) is 4. The molecule has 4 aliphatic heterocycles. The van der Waals surface area contributed by atoms with Crippen LogP contribution in [0.1, 0.15) is 55.9 Å². The van der Waals surface area contributed by atoms with Gasteiger partial charge in [0.25, 0.3) is 5.91 Å². The summed E-state index contributed by atoms with van der Waals surface area (Å²) in [5, 5.41) is 19.6. The molecule has 0 saturated carbocycles. The Hall–Kier alpha value is -5.65. The van der Waals surface area contributed by atoms with Gasteiger partial charge in [-0.2, -0.15) is 4.98 Å². The highest BCUT2D eigenvalue weighted by molar-refractivity contribution is 6.01. The van der Waals surface area contributed by atoms with Crippen molar-refractivity contribution in [3.05, 3.63) is 48.0 Å². The van der Waals surface area contributed by atoms with Crippen LogP contribution in [0.25, 0.3) is 0 Å². The number of amides is 4. The van der Waals surface area contributed by atoms with Gasteiger partial charge in [0, 0.05) is 84.0 Å². The monoisotopic (exact) mass is 757 g/mol. The molecule has 1 unspecified atom stereocenters. The lowest BCUT2D eigenvalue weighted by atomic mass is 9.95. The topological polar surface area (TPSA) is 207 Å². The molecule has 0 radical (unpaired) electrons. The van der Waals surface area contributed by atoms with Gasteiger partial charge < -0.3 is 36.4 Å². The summed E-state index contributed by atoms with van der Waals surface area (Å²) in [6.45, 7) is 8.58. The SMILES string of the molecule is CC(=O)N[C@@H]1CCCN(c2nnc(C(N)=O)c(Nc3ccc(N4CCN(CC5CCN(c6ccc(NC7CCC(=O)NC7=O)nc6)CC5)CC4)c(F)c3)n2)C1. The van der Waals surface area contributed by atoms with E-state index in [0.717, 1.165) is 64.1 Å². The van der Waals surface area contributed by atoms with Crippen LogP contribution in [0.2, 0.25) is 0 Å². The van der Waals surface area contributed by atoms with Crippen LogP contribution in [0, 0.1) is 11.7 Å². The lowest BCUT2D eigenvalue weighted by Crippen LogP contribution is -2.49. The van der Waals surface area contributed by atoms with Crippen molar-refractivity contribution < 1.29 is 23.6 Å². The zero-order valence-electron chi connectivity index (χ0n) is 31.0. The van der Waals surface area contributed by atoms with Gasteiger partial charge in [-0.3, -0.25) is 29.4 Å². The highest BCUT2D eigenvalue weighted by Gasteiger charge is 2.29. The maximum absolute atomic E-state index is 15.6. The molecular weight excluding hydrogens is 709 g/mol. The third-order valence-corrected chi connectivity index (χ3v) is 10.7. The minimum Gasteiger partial charge on any atom is -0.370 e. The first-order chi connectivity index (χ1) is 26.6. The summed E-state index contributed by atoms with van der Waals surface area (Å²) in [5.41, 5.74) is 7.37. The van der Waals surface area contributed by atoms with Gasteiger partial charge in [-0.15, -0.1) is 10.2 Å². The predicted octanol–water partition coefficient (Wildman–Crippen LogP) is 1.61. The number of pyridine rings is 1. The number of nitrogens with zero attached hydrogens (tertiary/aromatic N) is 8. The van der Waals surface area contributed by atoms with E-state index in [1.165, 1.54) is 13.0 Å². The molecule has 17 nitrogen and oxygen atoms in total. The second-order valence-electron chi connectivity index (χ2n) is 14.7. The molecule has 7 rings (SSSR count). The number of carbonyl (C=O) groups excluding carboxylic acids is 4. The number of halogens is 1. The molecule has 292 valence electrons. The predicted molar refractivity (Wildman–Crippen MR) is 205 cm³/mol. The number of anilines is 6. The van der Waals surface area contributed by atoms with Gasteiger partial charge in [0.1, 0.15) is 17.7 Å². The fraction of sp³-hybridized carbons (Fsp3) is 0.514. The first-order valence-corrected chi connectivity index (χ1v) is 19.0. The lowest BCUT2D eigenvalue weighted by molar-refractivity contribution is -0.133. The van der Waals surface area contributed by atoms with Crippen molar-refractivity contribution in [1.29, 1.82) is 0 Å². The third-order valence-electron chi connectivity index (χ3n) is 10.7. The Kier molecular flexibility index (Phi) is 11.5. The maximum Gasteiger partial charge on any atom is 0.273 e. The van der Waals surface area contributed by atoms with Crippen molar-refractivity contribution in [3.63, 3.8) is 0 Å². The first-order valence-electron chi connectivity index (χ1n) is 19.0. The van der Waals surface area contributed by atoms with Crippen LogP contribution in [0.15, 0.2) is 36.5 Å². The van der Waals surface area contributed by atoms with E-state index < -0.39 is 17.8 Å². The highest BCUT2D eigenvalue weighted by Crippen LogP contribution is 2.29. The number of imide groups is 1. The van der Waals surface area contributed by atoms with Crippen molar-refractivity contribution >= 4 is 58.3 Å². The van der Waals surface area contributed by atoms with Crippen molar-refractivity contribution in [2.24, 2.45) is 11.7 Å². The highest BCUT2D eigenvalue weighted by atomic mass is 19.1. The van der Waals surface area contributed by atoms with Crippen molar-refractivity contribution in [2.45, 2.75) is 57.5 Å². The molecule has 1 aromatic carbocycles. The number of nitrogens with two attached hydrogens (primary N) is 1. The van der Waals surface area contributed by atoms with Crippen LogP contribution in [0.5, 0.6) is 0 Å². The Morgan fingerprint density at radius 2 is 1.75 bits per heavy atom. The number of hydrogen-bond acceptors (Lipinski definition) is 14. The third kappa shape index (κ3) is 9.36. The number of primary amides is 1. The van der Waals surface area contributed by atoms with Gasteiger partial charge >= 0.3 is 0 Å². The quantitative estimate of drug-likeness (QED) is 0.176.